The summed E-state index contributed by atoms with van der Waals surface area (Å²) in [5.41, 5.74) is 2.31. The highest BCUT2D eigenvalue weighted by Gasteiger charge is 2.08. The van der Waals surface area contributed by atoms with Gasteiger partial charge in [-0.2, -0.15) is 10.5 Å². The minimum atomic E-state index is 0.294. The number of benzene rings is 1. The molecule has 3 aromatic rings. The number of nitrogens with one attached hydrogen (secondary N) is 2. The van der Waals surface area contributed by atoms with Crippen LogP contribution in [-0.2, 0) is 0 Å². The van der Waals surface area contributed by atoms with Gasteiger partial charge in [0.2, 0.25) is 5.82 Å². The number of H-pyrrole nitrogens is 2. The summed E-state index contributed by atoms with van der Waals surface area (Å²) >= 11 is 0. The van der Waals surface area contributed by atoms with Crippen molar-refractivity contribution in [1.82, 2.24) is 25.6 Å². The number of para-hydroxylation sites is 1. The molecule has 2 N–H and O–H groups in total. The van der Waals surface area contributed by atoms with Gasteiger partial charge in [0.05, 0.1) is 0 Å². The van der Waals surface area contributed by atoms with Crippen LogP contribution in [0.2, 0.25) is 0 Å². The second-order valence-corrected chi connectivity index (χ2v) is 3.69. The van der Waals surface area contributed by atoms with Crippen molar-refractivity contribution in [3.05, 3.63) is 41.9 Å². The molecule has 0 fully saturated rings. The van der Waals surface area contributed by atoms with E-state index in [4.69, 9.17) is 5.26 Å². The molecule has 0 aliphatic rings. The number of rotatable bonds is 2. The lowest BCUT2D eigenvalue weighted by Gasteiger charge is -1.92. The van der Waals surface area contributed by atoms with Gasteiger partial charge in [-0.1, -0.05) is 18.2 Å². The van der Waals surface area contributed by atoms with E-state index >= 15 is 0 Å². The van der Waals surface area contributed by atoms with Crippen LogP contribution in [-0.4, -0.2) is 25.6 Å². The van der Waals surface area contributed by atoms with Crippen LogP contribution in [0.1, 0.15) is 11.4 Å². The highest BCUT2D eigenvalue weighted by Crippen LogP contribution is 2.22. The summed E-state index contributed by atoms with van der Waals surface area (Å²) in [6.07, 6.45) is 3.59. The predicted octanol–water partition coefficient (Wildman–Crippen LogP) is 1.75. The quantitative estimate of drug-likeness (QED) is 0.662. The predicted molar refractivity (Wildman–Crippen MR) is 66.0 cm³/mol. The van der Waals surface area contributed by atoms with Crippen LogP contribution in [0, 0.1) is 11.3 Å². The molecule has 2 heterocycles. The molecule has 0 bridgehead atoms. The van der Waals surface area contributed by atoms with Gasteiger partial charge in [-0.3, -0.25) is 0 Å². The fourth-order valence-corrected chi connectivity index (χ4v) is 1.79. The highest BCUT2D eigenvalue weighted by atomic mass is 15.5. The van der Waals surface area contributed by atoms with Crippen molar-refractivity contribution in [3.63, 3.8) is 0 Å². The van der Waals surface area contributed by atoms with Gasteiger partial charge in [0.25, 0.3) is 0 Å². The summed E-state index contributed by atoms with van der Waals surface area (Å²) in [4.78, 5) is 3.14. The molecule has 0 aliphatic heterocycles. The molecule has 0 spiro atoms. The van der Waals surface area contributed by atoms with Gasteiger partial charge >= 0.3 is 0 Å². The zero-order valence-electron chi connectivity index (χ0n) is 9.25. The number of allylic oxidation sites excluding steroid dienone is 1. The van der Waals surface area contributed by atoms with Crippen molar-refractivity contribution >= 4 is 22.6 Å². The van der Waals surface area contributed by atoms with Crippen LogP contribution in [0.5, 0.6) is 0 Å². The fraction of sp³-hybridized carbons (Fsp3) is 0. The summed E-state index contributed by atoms with van der Waals surface area (Å²) in [7, 11) is 0. The Morgan fingerprint density at radius 1 is 1.33 bits per heavy atom. The highest BCUT2D eigenvalue weighted by molar-refractivity contribution is 5.96. The van der Waals surface area contributed by atoms with Crippen molar-refractivity contribution in [3.8, 4) is 6.07 Å². The number of hydrogen-bond donors (Lipinski definition) is 2. The number of tetrazole rings is 1. The molecule has 0 aliphatic carbocycles. The Balaban J connectivity index is 2.13. The van der Waals surface area contributed by atoms with E-state index in [-0.39, 0.29) is 0 Å². The Labute approximate surface area is 102 Å². The average molecular weight is 236 g/mol. The monoisotopic (exact) mass is 236 g/mol. The van der Waals surface area contributed by atoms with Crippen LogP contribution in [0.4, 0.5) is 0 Å². The van der Waals surface area contributed by atoms with Gasteiger partial charge < -0.3 is 4.98 Å². The first-order valence-corrected chi connectivity index (χ1v) is 5.30. The Hall–Kier alpha value is -2.94. The maximum Gasteiger partial charge on any atom is 0.215 e. The first-order chi connectivity index (χ1) is 8.88. The standard InChI is InChI=1S/C12H8N6/c13-6-8(12-15-17-18-16-12)5-9-7-14-11-4-2-1-3-10(9)11/h1-5,7,14H,(H,15,16,17,18)/b8-5+. The van der Waals surface area contributed by atoms with Crippen LogP contribution >= 0.6 is 0 Å². The first kappa shape index (κ1) is 10.2. The van der Waals surface area contributed by atoms with Gasteiger partial charge in [0.1, 0.15) is 11.6 Å². The van der Waals surface area contributed by atoms with Gasteiger partial charge in [-0.05, 0) is 17.4 Å². The molecule has 6 heteroatoms. The summed E-state index contributed by atoms with van der Waals surface area (Å²) < 4.78 is 0. The summed E-state index contributed by atoms with van der Waals surface area (Å²) in [6, 6.07) is 9.95. The van der Waals surface area contributed by atoms with E-state index in [9.17, 15) is 0 Å². The lowest BCUT2D eigenvalue weighted by atomic mass is 10.1. The Morgan fingerprint density at radius 3 is 3.00 bits per heavy atom. The van der Waals surface area contributed by atoms with Crippen molar-refractivity contribution in [2.45, 2.75) is 0 Å². The number of nitriles is 1. The molecule has 1 aromatic carbocycles. The van der Waals surface area contributed by atoms with Crippen LogP contribution in [0.3, 0.4) is 0 Å². The SMILES string of the molecule is N#C/C(=C\c1c[nH]c2ccccc12)c1nn[nH]n1. The minimum absolute atomic E-state index is 0.294. The number of fused-ring (bicyclic) bond motifs is 1. The van der Waals surface area contributed by atoms with Crippen molar-refractivity contribution in [2.24, 2.45) is 0 Å². The minimum Gasteiger partial charge on any atom is -0.361 e. The molecule has 2 aromatic heterocycles. The first-order valence-electron chi connectivity index (χ1n) is 5.30. The van der Waals surface area contributed by atoms with E-state index in [0.29, 0.717) is 11.4 Å². The zero-order chi connectivity index (χ0) is 12.4. The molecule has 18 heavy (non-hydrogen) atoms. The summed E-state index contributed by atoms with van der Waals surface area (Å²) in [5, 5.41) is 23.5. The largest absolute Gasteiger partial charge is 0.361 e. The maximum absolute atomic E-state index is 9.12. The molecule has 0 unspecified atom stereocenters. The molecule has 0 amide bonds. The lowest BCUT2D eigenvalue weighted by Crippen LogP contribution is -1.85. The van der Waals surface area contributed by atoms with Gasteiger partial charge in [0.15, 0.2) is 0 Å². The smallest absolute Gasteiger partial charge is 0.215 e. The average Bonchev–Trinajstić information content (AvgIpc) is 3.06. The molecule has 86 valence electrons. The number of aromatic nitrogens is 5. The molecular formula is C12H8N6. The molecule has 0 radical (unpaired) electrons. The topological polar surface area (TPSA) is 94.0 Å². The van der Waals surface area contributed by atoms with Crippen molar-refractivity contribution in [1.29, 1.82) is 5.26 Å². The van der Waals surface area contributed by atoms with Crippen LogP contribution in [0.25, 0.3) is 22.6 Å². The molecule has 6 nitrogen and oxygen atoms in total. The Morgan fingerprint density at radius 2 is 2.22 bits per heavy atom. The number of aromatic amines is 2. The molecule has 0 atom stereocenters. The van der Waals surface area contributed by atoms with E-state index < -0.39 is 0 Å². The maximum atomic E-state index is 9.12. The second kappa shape index (κ2) is 4.14. The molecule has 3 rings (SSSR count). The third kappa shape index (κ3) is 1.64. The third-order valence-electron chi connectivity index (χ3n) is 2.63. The van der Waals surface area contributed by atoms with E-state index in [1.165, 1.54) is 0 Å². The zero-order valence-corrected chi connectivity index (χ0v) is 9.25. The Kier molecular flexibility index (Phi) is 2.35. The Bertz CT molecular complexity index is 744. The van der Waals surface area contributed by atoms with E-state index in [1.807, 2.05) is 30.5 Å². The van der Waals surface area contributed by atoms with Gasteiger partial charge in [0, 0.05) is 22.7 Å². The summed E-state index contributed by atoms with van der Waals surface area (Å²) in [6.45, 7) is 0. The van der Waals surface area contributed by atoms with Gasteiger partial charge in [-0.25, -0.2) is 0 Å². The second-order valence-electron chi connectivity index (χ2n) is 3.69. The van der Waals surface area contributed by atoms with Gasteiger partial charge in [-0.15, -0.1) is 10.2 Å². The molecule has 0 saturated heterocycles. The fourth-order valence-electron chi connectivity index (χ4n) is 1.79. The van der Waals surface area contributed by atoms with Crippen molar-refractivity contribution < 1.29 is 0 Å². The lowest BCUT2D eigenvalue weighted by molar-refractivity contribution is 0.881. The number of hydrogen-bond acceptors (Lipinski definition) is 4. The van der Waals surface area contributed by atoms with E-state index in [1.54, 1.807) is 6.08 Å². The van der Waals surface area contributed by atoms with Crippen LogP contribution in [0.15, 0.2) is 30.5 Å². The van der Waals surface area contributed by atoms with E-state index in [2.05, 4.69) is 31.7 Å². The summed E-state index contributed by atoms with van der Waals surface area (Å²) in [5.74, 6) is 0.294. The number of nitrogens with zero attached hydrogens (tertiary/aromatic N) is 4. The van der Waals surface area contributed by atoms with E-state index in [0.717, 1.165) is 16.5 Å². The molecule has 0 saturated carbocycles. The van der Waals surface area contributed by atoms with Crippen molar-refractivity contribution in [2.75, 3.05) is 0 Å². The molecular weight excluding hydrogens is 228 g/mol. The van der Waals surface area contributed by atoms with Crippen LogP contribution < -0.4 is 0 Å². The normalized spacial score (nSPS) is 11.6. The third-order valence-corrected chi connectivity index (χ3v) is 2.63.